The number of nitro groups is 1. The zero-order valence-corrected chi connectivity index (χ0v) is 50.2. The van der Waals surface area contributed by atoms with Crippen molar-refractivity contribution in [1.82, 2.24) is 48.7 Å². The van der Waals surface area contributed by atoms with Gasteiger partial charge in [0.25, 0.3) is 5.69 Å². The van der Waals surface area contributed by atoms with Crippen molar-refractivity contribution in [2.75, 3.05) is 125 Å². The predicted octanol–water partition coefficient (Wildman–Crippen LogP) is 9.15. The molecule has 0 N–H and O–H groups in total. The summed E-state index contributed by atoms with van der Waals surface area (Å²) in [4.78, 5) is 68.5. The molecule has 19 nitrogen and oxygen atoms in total. The molecule has 6 saturated heterocycles. The number of fused-ring (bicyclic) bond motifs is 2. The maximum absolute atomic E-state index is 12.8. The fraction of sp³-hybridized carbons (Fsp3) is 0.615. The molecule has 4 aromatic rings. The first-order chi connectivity index (χ1) is 41.9. The van der Waals surface area contributed by atoms with Crippen LogP contribution >= 0.6 is 0 Å². The van der Waals surface area contributed by atoms with E-state index in [0.29, 0.717) is 50.6 Å². The van der Waals surface area contributed by atoms with E-state index < -0.39 is 12.1 Å². The minimum absolute atomic E-state index is 0.0525. The Labute approximate surface area is 502 Å². The number of hydrogen-bond donors (Lipinski definition) is 0. The van der Waals surface area contributed by atoms with Crippen molar-refractivity contribution in [2.24, 2.45) is 7.05 Å². The van der Waals surface area contributed by atoms with Crippen LogP contribution in [0.5, 0.6) is 17.2 Å². The van der Waals surface area contributed by atoms with Gasteiger partial charge in [-0.25, -0.2) is 14.4 Å². The molecule has 0 bridgehead atoms. The van der Waals surface area contributed by atoms with Crippen molar-refractivity contribution in [3.05, 3.63) is 99.7 Å². The summed E-state index contributed by atoms with van der Waals surface area (Å²) in [6.45, 7) is 17.2. The summed E-state index contributed by atoms with van der Waals surface area (Å²) in [5, 5.41) is 12.1. The van der Waals surface area contributed by atoms with Gasteiger partial charge in [0.15, 0.2) is 0 Å². The first-order valence-corrected chi connectivity index (χ1v) is 31.6. The monoisotopic (exact) mass is 1170 g/mol. The standard InChI is InChI=1S/C22H30N4O2.C22H29N3O2.C20H28N4O4.CH3F/c1-23-11-8-17-14-19(6-7-21(17)23)28-20-15-26(16-20)22(27)25-10-3-9-24(12-13-25)18-4-2-5-18;26-22(24-11-3-10-23(12-13-24)19-6-2-7-19)25-15-21(16-25)27-20-9-8-17-4-1-5-18(17)14-20;1-15-12-17(6-7-19(15)24(26)27)28-18-13-23(14-18)20(25)22-9-3-8-21(10-11-22)16-4-2-5-16;1-2/h6-8,11,14,18,20H,2-5,9-10,12-13,15-16H2,1H3;1,5,8-9,14,19,21H,2-4,6-7,10-13,15-16H2;6-7,12,16,18H,2-5,8-11,13-14H2,1H3;1H3/i;;;1D. The Balaban J connectivity index is 0.000000131. The molecule has 3 aromatic carbocycles. The third kappa shape index (κ3) is 14.5. The van der Waals surface area contributed by atoms with Crippen molar-refractivity contribution < 1.29 is 39.3 Å². The number of allylic oxidation sites excluding steroid dienone is 1. The Morgan fingerprint density at radius 3 is 1.39 bits per heavy atom. The van der Waals surface area contributed by atoms with Crippen LogP contribution in [0.4, 0.5) is 24.5 Å². The smallest absolute Gasteiger partial charge is 0.320 e. The molecule has 0 radical (unpaired) electrons. The largest absolute Gasteiger partial charge is 0.487 e. The third-order valence-electron chi connectivity index (χ3n) is 19.4. The fourth-order valence-electron chi connectivity index (χ4n) is 13.5. The number of carbonyl (C=O) groups excluding carboxylic acids is 3. The van der Waals surface area contributed by atoms with E-state index in [4.69, 9.17) is 15.6 Å². The van der Waals surface area contributed by atoms with E-state index in [1.54, 1.807) is 19.1 Å². The second-order valence-corrected chi connectivity index (χ2v) is 25.0. The fourth-order valence-corrected chi connectivity index (χ4v) is 13.5. The Morgan fingerprint density at radius 2 is 0.965 bits per heavy atom. The minimum Gasteiger partial charge on any atom is -0.487 e. The van der Waals surface area contributed by atoms with Crippen LogP contribution in [0.25, 0.3) is 17.0 Å². The number of nitro benzene ring substituents is 1. The lowest BCUT2D eigenvalue weighted by atomic mass is 9.91. The summed E-state index contributed by atoms with van der Waals surface area (Å²) in [5.41, 5.74) is 4.50. The van der Waals surface area contributed by atoms with Gasteiger partial charge in [0.1, 0.15) is 35.6 Å². The SMILES string of the molecule is Cc1cc(OC2CN(C(=O)N3CCCN(C4CCC4)CC3)C2)ccc1[N+](=O)[O-].Cn1ccc2cc(OC3CN(C(=O)N4CCCN(C5CCC5)CC4)C3)ccc21.O=C(N1CCCN(C2CCC2)CC1)N1CC(Oc2ccc3c(c2)C=CC3)C1.[2H]CF. The Morgan fingerprint density at radius 1 is 0.541 bits per heavy atom. The van der Waals surface area contributed by atoms with E-state index in [9.17, 15) is 28.9 Å². The van der Waals surface area contributed by atoms with Crippen LogP contribution in [0.1, 0.15) is 95.1 Å². The average molecular weight is 1170 g/mol. The molecule has 20 heteroatoms. The van der Waals surface area contributed by atoms with Crippen molar-refractivity contribution in [3.8, 4) is 17.2 Å². The number of aromatic nitrogens is 1. The molecule has 3 saturated carbocycles. The normalized spacial score (nSPS) is 22.1. The first-order valence-electron chi connectivity index (χ1n) is 32.4. The number of amides is 6. The Hall–Kier alpha value is -6.64. The molecule has 0 spiro atoms. The molecule has 4 aliphatic carbocycles. The van der Waals surface area contributed by atoms with Gasteiger partial charge < -0.3 is 48.2 Å². The van der Waals surface area contributed by atoms with Gasteiger partial charge in [-0.15, -0.1) is 0 Å². The van der Waals surface area contributed by atoms with Crippen LogP contribution in [0.3, 0.4) is 0 Å². The lowest BCUT2D eigenvalue weighted by Gasteiger charge is -2.41. The molecule has 0 unspecified atom stereocenters. The van der Waals surface area contributed by atoms with Crippen molar-refractivity contribution in [1.29, 1.82) is 0 Å². The van der Waals surface area contributed by atoms with Crippen molar-refractivity contribution >= 4 is 40.8 Å². The number of halogens is 1. The summed E-state index contributed by atoms with van der Waals surface area (Å²) < 4.78 is 35.7. The topological polar surface area (TPSA) is 156 Å². The number of nitrogens with zero attached hydrogens (tertiary/aromatic N) is 11. The zero-order chi connectivity index (χ0) is 59.7. The van der Waals surface area contributed by atoms with Gasteiger partial charge >= 0.3 is 18.1 Å². The quantitative estimate of drug-likeness (QED) is 0.110. The number of rotatable bonds is 10. The molecular weight excluding hydrogens is 1080 g/mol. The highest BCUT2D eigenvalue weighted by atomic mass is 19.1. The van der Waals surface area contributed by atoms with Gasteiger partial charge in [-0.2, -0.15) is 0 Å². The van der Waals surface area contributed by atoms with Gasteiger partial charge in [0, 0.05) is 132 Å². The van der Waals surface area contributed by atoms with Gasteiger partial charge in [0.2, 0.25) is 0 Å². The number of benzene rings is 3. The first kappa shape index (κ1) is 58.7. The van der Waals surface area contributed by atoms with Gasteiger partial charge in [-0.3, -0.25) is 29.2 Å². The Kier molecular flexibility index (Phi) is 19.2. The van der Waals surface area contributed by atoms with E-state index in [1.165, 1.54) is 85.9 Å². The maximum Gasteiger partial charge on any atom is 0.320 e. The molecule has 7 heterocycles. The van der Waals surface area contributed by atoms with Crippen LogP contribution in [-0.2, 0) is 13.5 Å². The van der Waals surface area contributed by atoms with Crippen molar-refractivity contribution in [3.63, 3.8) is 0 Å². The molecular formula is C65H90FN11O8. The predicted molar refractivity (Wildman–Crippen MR) is 327 cm³/mol. The molecule has 9 fully saturated rings. The molecule has 0 atom stereocenters. The van der Waals surface area contributed by atoms with Crippen LogP contribution in [0, 0.1) is 17.0 Å². The van der Waals surface area contributed by atoms with E-state index in [2.05, 4.69) is 78.9 Å². The van der Waals surface area contributed by atoms with E-state index >= 15 is 0 Å². The number of carbonyl (C=O) groups is 3. The summed E-state index contributed by atoms with van der Waals surface area (Å²) in [7, 11) is 1.05. The molecule has 85 heavy (non-hydrogen) atoms. The molecule has 6 amide bonds. The third-order valence-corrected chi connectivity index (χ3v) is 19.4. The van der Waals surface area contributed by atoms with Gasteiger partial charge in [-0.05, 0) is 131 Å². The highest BCUT2D eigenvalue weighted by Gasteiger charge is 2.40. The number of urea groups is 3. The highest BCUT2D eigenvalue weighted by Crippen LogP contribution is 2.32. The molecule has 6 aliphatic heterocycles. The molecule has 1 aromatic heterocycles. The Bertz CT molecular complexity index is 2990. The average Bonchev–Trinajstić information content (AvgIpc) is 3.87. The number of likely N-dealkylation sites (tertiary alicyclic amines) is 3. The lowest BCUT2D eigenvalue weighted by Crippen LogP contribution is -2.60. The summed E-state index contributed by atoms with van der Waals surface area (Å²) in [6, 6.07) is 22.2. The molecule has 10 aliphatic rings. The van der Waals surface area contributed by atoms with E-state index in [1.807, 2.05) is 37.6 Å². The number of alkyl halides is 1. The van der Waals surface area contributed by atoms with Crippen LogP contribution in [0.2, 0.25) is 0 Å². The molecule has 14 rings (SSSR count). The van der Waals surface area contributed by atoms with Crippen LogP contribution < -0.4 is 14.2 Å². The zero-order valence-electron chi connectivity index (χ0n) is 51.2. The van der Waals surface area contributed by atoms with Gasteiger partial charge in [0.05, 0.1) is 52.7 Å². The number of hydrogen-bond acceptors (Lipinski definition) is 11. The summed E-state index contributed by atoms with van der Waals surface area (Å²) in [6.07, 6.45) is 22.9. The van der Waals surface area contributed by atoms with Crippen molar-refractivity contribution in [2.45, 2.75) is 127 Å². The minimum atomic E-state index is -1.00. The van der Waals surface area contributed by atoms with Gasteiger partial charge in [-0.1, -0.05) is 37.5 Å². The summed E-state index contributed by atoms with van der Waals surface area (Å²) >= 11 is 0. The second-order valence-electron chi connectivity index (χ2n) is 25.0. The summed E-state index contributed by atoms with van der Waals surface area (Å²) in [5.74, 6) is 2.43. The van der Waals surface area contributed by atoms with Crippen LogP contribution in [0.15, 0.2) is 72.9 Å². The maximum atomic E-state index is 12.8. The number of aryl methyl sites for hydroxylation is 2. The van der Waals surface area contributed by atoms with Crippen LogP contribution in [-0.4, -0.2) is 233 Å². The van der Waals surface area contributed by atoms with E-state index in [0.717, 1.165) is 134 Å². The highest BCUT2D eigenvalue weighted by molar-refractivity contribution is 5.82. The second kappa shape index (κ2) is 27.8. The number of ether oxygens (including phenoxy) is 3. The van der Waals surface area contributed by atoms with E-state index in [-0.39, 0.29) is 42.1 Å². The lowest BCUT2D eigenvalue weighted by molar-refractivity contribution is -0.385. The molecule has 460 valence electrons.